The van der Waals surface area contributed by atoms with Gasteiger partial charge in [0.05, 0.1) is 5.69 Å². The van der Waals surface area contributed by atoms with Crippen molar-refractivity contribution in [1.82, 2.24) is 0 Å². The third-order valence-electron chi connectivity index (χ3n) is 3.18. The number of nitrogens with zero attached hydrogens (tertiary/aromatic N) is 1. The van der Waals surface area contributed by atoms with Crippen molar-refractivity contribution in [1.29, 1.82) is 0 Å². The maximum atomic E-state index is 12.0. The van der Waals surface area contributed by atoms with Crippen LogP contribution < -0.4 is 0 Å². The molecule has 0 unspecified atom stereocenters. The van der Waals surface area contributed by atoms with Gasteiger partial charge in [-0.05, 0) is 23.6 Å². The van der Waals surface area contributed by atoms with E-state index in [9.17, 15) is 9.59 Å². The number of rotatable bonds is 2. The molecule has 0 N–H and O–H groups in total. The van der Waals surface area contributed by atoms with E-state index in [0.29, 0.717) is 23.6 Å². The summed E-state index contributed by atoms with van der Waals surface area (Å²) in [5, 5.41) is 0.581. The lowest BCUT2D eigenvalue weighted by atomic mass is 9.72. The van der Waals surface area contributed by atoms with Crippen molar-refractivity contribution in [2.45, 2.75) is 26.7 Å². The fourth-order valence-corrected chi connectivity index (χ4v) is 2.47. The molecule has 2 rings (SSSR count). The molecule has 100 valence electrons. The van der Waals surface area contributed by atoms with Crippen molar-refractivity contribution in [3.8, 4) is 0 Å². The molecule has 0 saturated heterocycles. The molecule has 0 spiro atoms. The number of hydrogen-bond donors (Lipinski definition) is 0. The Morgan fingerprint density at radius 1 is 1.26 bits per heavy atom. The van der Waals surface area contributed by atoms with Crippen LogP contribution in [0.25, 0.3) is 0 Å². The lowest BCUT2D eigenvalue weighted by Crippen LogP contribution is -2.38. The second-order valence-corrected chi connectivity index (χ2v) is 6.12. The van der Waals surface area contributed by atoms with Crippen LogP contribution in [0.2, 0.25) is 5.02 Å². The van der Waals surface area contributed by atoms with E-state index >= 15 is 0 Å². The zero-order chi connectivity index (χ0) is 14.0. The molecule has 1 aliphatic rings. The highest BCUT2D eigenvalue weighted by molar-refractivity contribution is 6.30. The molecular formula is C15H16ClNO2. The number of benzene rings is 1. The Morgan fingerprint density at radius 3 is 2.47 bits per heavy atom. The van der Waals surface area contributed by atoms with Crippen molar-refractivity contribution >= 4 is 35.1 Å². The first-order chi connectivity index (χ1) is 8.87. The maximum absolute atomic E-state index is 12.0. The number of aliphatic imine (C=N–C) groups is 1. The molecule has 3 nitrogen and oxygen atoms in total. The van der Waals surface area contributed by atoms with Gasteiger partial charge in [-0.25, -0.2) is 0 Å². The minimum Gasteiger partial charge on any atom is -0.298 e. The smallest absolute Gasteiger partial charge is 0.149 e. The monoisotopic (exact) mass is 277 g/mol. The van der Waals surface area contributed by atoms with Crippen molar-refractivity contribution in [3.63, 3.8) is 0 Å². The number of carbonyl (C=O) groups is 2. The van der Waals surface area contributed by atoms with E-state index in [2.05, 4.69) is 4.99 Å². The first kappa shape index (κ1) is 13.9. The molecule has 1 aromatic rings. The van der Waals surface area contributed by atoms with Crippen LogP contribution in [0.15, 0.2) is 29.3 Å². The Kier molecular flexibility index (Phi) is 3.85. The van der Waals surface area contributed by atoms with Crippen LogP contribution in [-0.2, 0) is 9.59 Å². The predicted octanol–water partition coefficient (Wildman–Crippen LogP) is 3.62. The van der Waals surface area contributed by atoms with Crippen LogP contribution in [0.1, 0.15) is 26.7 Å². The van der Waals surface area contributed by atoms with Crippen LogP contribution >= 0.6 is 11.6 Å². The summed E-state index contributed by atoms with van der Waals surface area (Å²) in [6.45, 7) is 3.88. The third-order valence-corrected chi connectivity index (χ3v) is 3.42. The van der Waals surface area contributed by atoms with Crippen LogP contribution in [0.5, 0.6) is 0 Å². The first-order valence-electron chi connectivity index (χ1n) is 6.23. The molecule has 0 radical (unpaired) electrons. The molecule has 4 heteroatoms. The molecule has 1 aromatic carbocycles. The van der Waals surface area contributed by atoms with Crippen molar-refractivity contribution in [3.05, 3.63) is 29.3 Å². The fourth-order valence-electron chi connectivity index (χ4n) is 2.29. The van der Waals surface area contributed by atoms with E-state index in [-0.39, 0.29) is 17.0 Å². The summed E-state index contributed by atoms with van der Waals surface area (Å²) in [6, 6.07) is 7.01. The van der Waals surface area contributed by atoms with Gasteiger partial charge in [-0.3, -0.25) is 14.6 Å². The first-order valence-corrected chi connectivity index (χ1v) is 6.60. The minimum absolute atomic E-state index is 0.0490. The van der Waals surface area contributed by atoms with Crippen molar-refractivity contribution < 1.29 is 9.59 Å². The average molecular weight is 278 g/mol. The Labute approximate surface area is 117 Å². The molecule has 1 fully saturated rings. The van der Waals surface area contributed by atoms with Gasteiger partial charge in [0, 0.05) is 24.1 Å². The maximum Gasteiger partial charge on any atom is 0.149 e. The normalized spacial score (nSPS) is 20.2. The van der Waals surface area contributed by atoms with E-state index in [1.54, 1.807) is 24.3 Å². The highest BCUT2D eigenvalue weighted by Gasteiger charge is 2.38. The fraction of sp³-hybridized carbons (Fsp3) is 0.400. The predicted molar refractivity (Wildman–Crippen MR) is 76.1 cm³/mol. The van der Waals surface area contributed by atoms with Gasteiger partial charge in [-0.1, -0.05) is 31.5 Å². The average Bonchev–Trinajstić information content (AvgIpc) is 2.26. The van der Waals surface area contributed by atoms with Gasteiger partial charge in [0.25, 0.3) is 0 Å². The van der Waals surface area contributed by atoms with Crippen molar-refractivity contribution in [2.24, 2.45) is 16.3 Å². The SMILES string of the molecule is CC1(C)CC(=O)C(C=Nc2cccc(Cl)c2)C(=O)C1. The summed E-state index contributed by atoms with van der Waals surface area (Å²) < 4.78 is 0. The summed E-state index contributed by atoms with van der Waals surface area (Å²) >= 11 is 5.85. The van der Waals surface area contributed by atoms with Gasteiger partial charge in [-0.15, -0.1) is 0 Å². The molecule has 0 atom stereocenters. The van der Waals surface area contributed by atoms with Gasteiger partial charge in [-0.2, -0.15) is 0 Å². The van der Waals surface area contributed by atoms with Gasteiger partial charge in [0.1, 0.15) is 17.5 Å². The number of hydrogen-bond acceptors (Lipinski definition) is 3. The number of Topliss-reactive ketones (excluding diaryl/α,β-unsaturated/α-hetero) is 2. The topological polar surface area (TPSA) is 46.5 Å². The lowest BCUT2D eigenvalue weighted by Gasteiger charge is -2.30. The standard InChI is InChI=1S/C15H16ClNO2/c1-15(2)7-13(18)12(14(19)8-15)9-17-11-5-3-4-10(16)6-11/h3-6,9,12H,7-8H2,1-2H3. The number of carbonyl (C=O) groups excluding carboxylic acids is 2. The second-order valence-electron chi connectivity index (χ2n) is 5.69. The summed E-state index contributed by atoms with van der Waals surface area (Å²) in [5.74, 6) is -0.800. The van der Waals surface area contributed by atoms with Gasteiger partial charge in [0.15, 0.2) is 0 Å². The van der Waals surface area contributed by atoms with E-state index in [0.717, 1.165) is 0 Å². The highest BCUT2D eigenvalue weighted by Crippen LogP contribution is 2.33. The Morgan fingerprint density at radius 2 is 1.89 bits per heavy atom. The van der Waals surface area contributed by atoms with E-state index in [1.807, 2.05) is 13.8 Å². The zero-order valence-electron chi connectivity index (χ0n) is 11.0. The summed E-state index contributed by atoms with van der Waals surface area (Å²) in [5.41, 5.74) is 0.423. The van der Waals surface area contributed by atoms with Gasteiger partial charge < -0.3 is 0 Å². The van der Waals surface area contributed by atoms with Crippen molar-refractivity contribution in [2.75, 3.05) is 0 Å². The van der Waals surface area contributed by atoms with E-state index in [1.165, 1.54) is 6.21 Å². The molecule has 1 saturated carbocycles. The zero-order valence-corrected chi connectivity index (χ0v) is 11.8. The summed E-state index contributed by atoms with van der Waals surface area (Å²) in [7, 11) is 0. The highest BCUT2D eigenvalue weighted by atomic mass is 35.5. The third kappa shape index (κ3) is 3.51. The van der Waals surface area contributed by atoms with Crippen LogP contribution in [0, 0.1) is 11.3 Å². The molecule has 0 amide bonds. The quantitative estimate of drug-likeness (QED) is 0.612. The molecule has 0 aromatic heterocycles. The molecule has 1 aliphatic carbocycles. The second kappa shape index (κ2) is 5.25. The minimum atomic E-state index is -0.702. The largest absolute Gasteiger partial charge is 0.298 e. The van der Waals surface area contributed by atoms with Crippen LogP contribution in [0.3, 0.4) is 0 Å². The van der Waals surface area contributed by atoms with Crippen LogP contribution in [0.4, 0.5) is 5.69 Å². The molecule has 0 heterocycles. The summed E-state index contributed by atoms with van der Waals surface area (Å²) in [4.78, 5) is 28.1. The lowest BCUT2D eigenvalue weighted by molar-refractivity contribution is -0.136. The number of halogens is 1. The van der Waals surface area contributed by atoms with E-state index in [4.69, 9.17) is 11.6 Å². The van der Waals surface area contributed by atoms with E-state index < -0.39 is 5.92 Å². The molecule has 0 bridgehead atoms. The van der Waals surface area contributed by atoms with Crippen LogP contribution in [-0.4, -0.2) is 17.8 Å². The molecule has 0 aliphatic heterocycles. The van der Waals surface area contributed by atoms with Gasteiger partial charge in [0.2, 0.25) is 0 Å². The van der Waals surface area contributed by atoms with Gasteiger partial charge >= 0.3 is 0 Å². The molecular weight excluding hydrogens is 262 g/mol. The summed E-state index contributed by atoms with van der Waals surface area (Å²) in [6.07, 6.45) is 2.29. The molecule has 19 heavy (non-hydrogen) atoms. The number of ketones is 2. The Balaban J connectivity index is 2.15. The Bertz CT molecular complexity index is 529. The Hall–Kier alpha value is -1.48.